The lowest BCUT2D eigenvalue weighted by atomic mass is 9.82. The zero-order valence-corrected chi connectivity index (χ0v) is 20.6. The van der Waals surface area contributed by atoms with E-state index in [1.807, 2.05) is 61.5 Å². The average Bonchev–Trinajstić information content (AvgIpc) is 2.91. The summed E-state index contributed by atoms with van der Waals surface area (Å²) < 4.78 is 20.2. The molecule has 0 aromatic heterocycles. The molecule has 2 aliphatic heterocycles. The number of amides is 2. The van der Waals surface area contributed by atoms with Gasteiger partial charge in [0.2, 0.25) is 5.91 Å². The van der Waals surface area contributed by atoms with Gasteiger partial charge in [-0.1, -0.05) is 55.5 Å². The Balaban J connectivity index is 1.32. The largest absolute Gasteiger partial charge is 0.493 e. The van der Waals surface area contributed by atoms with Crippen LogP contribution in [0.5, 0.6) is 5.75 Å². The van der Waals surface area contributed by atoms with Crippen molar-refractivity contribution in [3.63, 3.8) is 0 Å². The summed E-state index contributed by atoms with van der Waals surface area (Å²) in [5.41, 5.74) is 1.75. The second-order valence-corrected chi connectivity index (χ2v) is 9.48. The van der Waals surface area contributed by atoms with Gasteiger partial charge >= 0.3 is 0 Å². The molecule has 2 atom stereocenters. The summed E-state index contributed by atoms with van der Waals surface area (Å²) in [7, 11) is 0. The summed E-state index contributed by atoms with van der Waals surface area (Å²) in [5.74, 6) is -0.535. The van der Waals surface area contributed by atoms with Gasteiger partial charge in [0.25, 0.3) is 5.91 Å². The molecule has 3 aromatic carbocycles. The molecule has 1 fully saturated rings. The lowest BCUT2D eigenvalue weighted by Crippen LogP contribution is -2.60. The number of hydrogen-bond acceptors (Lipinski definition) is 4. The predicted molar refractivity (Wildman–Crippen MR) is 138 cm³/mol. The molecule has 0 saturated carbocycles. The second kappa shape index (κ2) is 10.0. The fraction of sp³-hybridized carbons (Fsp3) is 0.276. The maximum atomic E-state index is 14.6. The predicted octanol–water partition coefficient (Wildman–Crippen LogP) is 4.64. The van der Waals surface area contributed by atoms with Crippen molar-refractivity contribution in [3.05, 3.63) is 101 Å². The Morgan fingerprint density at radius 1 is 1.16 bits per heavy atom. The minimum Gasteiger partial charge on any atom is -0.493 e. The van der Waals surface area contributed by atoms with E-state index in [1.54, 1.807) is 6.07 Å². The molecule has 1 saturated heterocycles. The first-order valence-corrected chi connectivity index (χ1v) is 12.4. The highest BCUT2D eigenvalue weighted by molar-refractivity contribution is 5.99. The summed E-state index contributed by atoms with van der Waals surface area (Å²) in [6, 6.07) is 20.9. The molecule has 2 aliphatic rings. The van der Waals surface area contributed by atoms with Crippen molar-refractivity contribution in [2.45, 2.75) is 44.3 Å². The highest BCUT2D eigenvalue weighted by Crippen LogP contribution is 2.34. The number of fused-ring (bicyclic) bond motifs is 1. The summed E-state index contributed by atoms with van der Waals surface area (Å²) in [4.78, 5) is 27.6. The number of para-hydroxylation sites is 1. The number of nitrogens with zero attached hydrogens (tertiary/aromatic N) is 1. The van der Waals surface area contributed by atoms with Gasteiger partial charge < -0.3 is 15.4 Å². The van der Waals surface area contributed by atoms with Gasteiger partial charge in [-0.2, -0.15) is 0 Å². The Morgan fingerprint density at radius 3 is 2.68 bits per heavy atom. The van der Waals surface area contributed by atoms with Crippen LogP contribution in [-0.2, 0) is 16.9 Å². The molecule has 0 bridgehead atoms. The number of carbonyl (C=O) groups excluding carboxylic acids is 2. The van der Waals surface area contributed by atoms with Crippen LogP contribution >= 0.6 is 0 Å². The molecule has 37 heavy (non-hydrogen) atoms. The minimum atomic E-state index is -0.668. The molecule has 0 unspecified atom stereocenters. The van der Waals surface area contributed by atoms with Crippen LogP contribution in [0.2, 0.25) is 0 Å². The Hall–Kier alpha value is -4.20. The Kier molecular flexibility index (Phi) is 6.65. The summed E-state index contributed by atoms with van der Waals surface area (Å²) >= 11 is 0. The third kappa shape index (κ3) is 4.91. The average molecular weight is 501 g/mol. The molecule has 5 rings (SSSR count). The molecular formula is C29H29FN4O3. The number of hydrogen-bond donors (Lipinski definition) is 3. The number of benzene rings is 3. The standard InChI is InChI=1S/C29H29FN4O3/c1-2-29(21-8-4-3-5-9-21)17-26(35)34(28(31)33-29)18-19-14-20(16-22(30)15-19)27(36)32-24-12-13-37-25-11-7-6-10-23(24)25/h3-11,14-16,24H,2,12-13,17-18H2,1H3,(H2,31,33)(H,32,36)/t24-,29+/m0/s1. The van der Waals surface area contributed by atoms with E-state index in [0.717, 1.165) is 16.9 Å². The molecule has 2 heterocycles. The van der Waals surface area contributed by atoms with Gasteiger partial charge in [0.1, 0.15) is 11.6 Å². The quantitative estimate of drug-likeness (QED) is 0.460. The molecule has 3 N–H and O–H groups in total. The number of halogens is 1. The molecule has 0 radical (unpaired) electrons. The van der Waals surface area contributed by atoms with E-state index in [2.05, 4.69) is 10.6 Å². The number of carbonyl (C=O) groups is 2. The second-order valence-electron chi connectivity index (χ2n) is 9.48. The summed E-state index contributed by atoms with van der Waals surface area (Å²) in [6.45, 7) is 2.44. The van der Waals surface area contributed by atoms with Crippen molar-refractivity contribution in [1.29, 1.82) is 5.41 Å². The zero-order valence-electron chi connectivity index (χ0n) is 20.6. The maximum Gasteiger partial charge on any atom is 0.251 e. The van der Waals surface area contributed by atoms with Crippen LogP contribution in [0.1, 0.15) is 59.3 Å². The Labute approximate surface area is 215 Å². The zero-order chi connectivity index (χ0) is 26.0. The fourth-order valence-corrected chi connectivity index (χ4v) is 5.12. The van der Waals surface area contributed by atoms with Crippen LogP contribution in [0.15, 0.2) is 72.8 Å². The summed E-state index contributed by atoms with van der Waals surface area (Å²) in [5, 5.41) is 14.8. The third-order valence-electron chi connectivity index (χ3n) is 7.14. The molecule has 0 aliphatic carbocycles. The highest BCUT2D eigenvalue weighted by atomic mass is 19.1. The van der Waals surface area contributed by atoms with E-state index in [-0.39, 0.29) is 36.4 Å². The first-order chi connectivity index (χ1) is 17.9. The first kappa shape index (κ1) is 24.5. The van der Waals surface area contributed by atoms with E-state index in [1.165, 1.54) is 17.0 Å². The lowest BCUT2D eigenvalue weighted by Gasteiger charge is -2.43. The van der Waals surface area contributed by atoms with Gasteiger partial charge in [0.15, 0.2) is 5.96 Å². The van der Waals surface area contributed by atoms with E-state index < -0.39 is 17.3 Å². The number of ether oxygens (including phenoxy) is 1. The number of nitrogens with one attached hydrogen (secondary N) is 3. The first-order valence-electron chi connectivity index (χ1n) is 12.4. The third-order valence-corrected chi connectivity index (χ3v) is 7.14. The number of guanidine groups is 1. The smallest absolute Gasteiger partial charge is 0.251 e. The van der Waals surface area contributed by atoms with E-state index >= 15 is 0 Å². The van der Waals surface area contributed by atoms with Crippen molar-refractivity contribution in [3.8, 4) is 5.75 Å². The van der Waals surface area contributed by atoms with Crippen LogP contribution in [0.25, 0.3) is 0 Å². The molecular weight excluding hydrogens is 471 g/mol. The van der Waals surface area contributed by atoms with Crippen LogP contribution in [-0.4, -0.2) is 29.3 Å². The van der Waals surface area contributed by atoms with Crippen LogP contribution < -0.4 is 15.4 Å². The SMILES string of the molecule is CC[C@]1(c2ccccc2)CC(=O)N(Cc2cc(F)cc(C(=O)N[C@H]3CCOc4ccccc43)c2)C(=N)N1. The van der Waals surface area contributed by atoms with Gasteiger partial charge in [0.05, 0.1) is 31.2 Å². The van der Waals surface area contributed by atoms with Gasteiger partial charge in [0, 0.05) is 17.5 Å². The minimum absolute atomic E-state index is 0.0165. The highest BCUT2D eigenvalue weighted by Gasteiger charge is 2.41. The molecule has 190 valence electrons. The van der Waals surface area contributed by atoms with E-state index in [0.29, 0.717) is 25.0 Å². The van der Waals surface area contributed by atoms with Crippen molar-refractivity contribution in [1.82, 2.24) is 15.5 Å². The molecule has 7 nitrogen and oxygen atoms in total. The lowest BCUT2D eigenvalue weighted by molar-refractivity contribution is -0.131. The Bertz CT molecular complexity index is 1330. The molecule has 0 spiro atoms. The van der Waals surface area contributed by atoms with E-state index in [9.17, 15) is 14.0 Å². The number of rotatable bonds is 6. The Morgan fingerprint density at radius 2 is 1.92 bits per heavy atom. The topological polar surface area (TPSA) is 94.5 Å². The molecule has 3 aromatic rings. The van der Waals surface area contributed by atoms with Crippen molar-refractivity contribution in [2.75, 3.05) is 6.61 Å². The van der Waals surface area contributed by atoms with Crippen LogP contribution in [0, 0.1) is 11.2 Å². The fourth-order valence-electron chi connectivity index (χ4n) is 5.12. The molecule has 8 heteroatoms. The van der Waals surface area contributed by atoms with Crippen LogP contribution in [0.4, 0.5) is 4.39 Å². The van der Waals surface area contributed by atoms with Crippen molar-refractivity contribution < 1.29 is 18.7 Å². The van der Waals surface area contributed by atoms with Crippen LogP contribution in [0.3, 0.4) is 0 Å². The monoisotopic (exact) mass is 500 g/mol. The normalized spacial score (nSPS) is 21.0. The van der Waals surface area contributed by atoms with Crippen molar-refractivity contribution in [2.24, 2.45) is 0 Å². The van der Waals surface area contributed by atoms with Gasteiger partial charge in [-0.15, -0.1) is 0 Å². The van der Waals surface area contributed by atoms with Gasteiger partial charge in [-0.25, -0.2) is 4.39 Å². The van der Waals surface area contributed by atoms with Crippen molar-refractivity contribution >= 4 is 17.8 Å². The molecule has 2 amide bonds. The van der Waals surface area contributed by atoms with Gasteiger partial charge in [-0.3, -0.25) is 19.9 Å². The van der Waals surface area contributed by atoms with Gasteiger partial charge in [-0.05, 0) is 41.8 Å². The summed E-state index contributed by atoms with van der Waals surface area (Å²) in [6.07, 6.45) is 1.40. The maximum absolute atomic E-state index is 14.6. The van der Waals surface area contributed by atoms with E-state index in [4.69, 9.17) is 10.1 Å².